The van der Waals surface area contributed by atoms with Gasteiger partial charge in [0.15, 0.2) is 0 Å². The van der Waals surface area contributed by atoms with Crippen molar-refractivity contribution in [2.24, 2.45) is 0 Å². The summed E-state index contributed by atoms with van der Waals surface area (Å²) >= 11 is 0. The molecule has 3 heterocycles. The summed E-state index contributed by atoms with van der Waals surface area (Å²) in [6.07, 6.45) is 4.33. The number of hydrogen-bond acceptors (Lipinski definition) is 7. The summed E-state index contributed by atoms with van der Waals surface area (Å²) in [7, 11) is 1.61. The first-order chi connectivity index (χ1) is 16.6. The van der Waals surface area contributed by atoms with E-state index in [4.69, 9.17) is 9.47 Å². The lowest BCUT2D eigenvalue weighted by atomic mass is 10.0. The smallest absolute Gasteiger partial charge is 0.338 e. The molecule has 1 amide bonds. The lowest BCUT2D eigenvalue weighted by Crippen LogP contribution is -2.49. The summed E-state index contributed by atoms with van der Waals surface area (Å²) < 4.78 is 12.2. The summed E-state index contributed by atoms with van der Waals surface area (Å²) in [5, 5.41) is 4.15. The van der Waals surface area contributed by atoms with Gasteiger partial charge in [0.2, 0.25) is 5.91 Å². The van der Waals surface area contributed by atoms with Gasteiger partial charge in [0.1, 0.15) is 30.7 Å². The molecule has 0 atom stereocenters. The predicted octanol–water partition coefficient (Wildman–Crippen LogP) is 1.88. The number of carbonyl (C=O) groups is 2. The van der Waals surface area contributed by atoms with Gasteiger partial charge in [0.25, 0.3) is 0 Å². The van der Waals surface area contributed by atoms with Gasteiger partial charge in [-0.15, -0.1) is 0 Å². The maximum atomic E-state index is 12.9. The van der Waals surface area contributed by atoms with E-state index in [9.17, 15) is 9.59 Å². The second kappa shape index (κ2) is 9.64. The van der Waals surface area contributed by atoms with E-state index in [2.05, 4.69) is 21.0 Å². The quantitative estimate of drug-likeness (QED) is 0.496. The predicted molar refractivity (Wildman–Crippen MR) is 124 cm³/mol. The van der Waals surface area contributed by atoms with Crippen LogP contribution in [0.3, 0.4) is 0 Å². The molecule has 0 radical (unpaired) electrons. The van der Waals surface area contributed by atoms with Crippen LogP contribution in [0.1, 0.15) is 27.0 Å². The zero-order valence-corrected chi connectivity index (χ0v) is 19.1. The van der Waals surface area contributed by atoms with Crippen LogP contribution in [0.4, 0.5) is 0 Å². The van der Waals surface area contributed by atoms with E-state index < -0.39 is 0 Å². The highest BCUT2D eigenvalue weighted by atomic mass is 16.5. The third kappa shape index (κ3) is 4.65. The number of methoxy groups -OCH3 is 1. The Bertz CT molecular complexity index is 1190. The zero-order chi connectivity index (χ0) is 23.5. The summed E-state index contributed by atoms with van der Waals surface area (Å²) in [5.74, 6) is 0.550. The molecule has 2 aliphatic rings. The number of ether oxygens (including phenoxy) is 2. The van der Waals surface area contributed by atoms with E-state index in [1.165, 1.54) is 11.9 Å². The van der Waals surface area contributed by atoms with Crippen LogP contribution < -0.4 is 4.74 Å². The van der Waals surface area contributed by atoms with Gasteiger partial charge in [-0.05, 0) is 35.7 Å². The molecule has 0 bridgehead atoms. The lowest BCUT2D eigenvalue weighted by molar-refractivity contribution is -0.132. The second-order valence-electron chi connectivity index (χ2n) is 8.56. The van der Waals surface area contributed by atoms with Crippen molar-refractivity contribution >= 4 is 11.9 Å². The van der Waals surface area contributed by atoms with Gasteiger partial charge < -0.3 is 14.4 Å². The molecule has 1 aromatic heterocycles. The average molecular weight is 462 g/mol. The number of benzene rings is 2. The van der Waals surface area contributed by atoms with Crippen molar-refractivity contribution in [3.63, 3.8) is 0 Å². The van der Waals surface area contributed by atoms with Gasteiger partial charge in [-0.1, -0.05) is 18.2 Å². The number of carbonyl (C=O) groups excluding carboxylic acids is 2. The Labute approximate surface area is 197 Å². The number of aromatic nitrogens is 3. The lowest BCUT2D eigenvalue weighted by Gasteiger charge is -2.35. The van der Waals surface area contributed by atoms with E-state index in [1.54, 1.807) is 18.1 Å². The highest BCUT2D eigenvalue weighted by Gasteiger charge is 2.23. The topological polar surface area (TPSA) is 89.8 Å². The molecule has 0 aliphatic carbocycles. The summed E-state index contributed by atoms with van der Waals surface area (Å²) in [5.41, 5.74) is 4.56. The highest BCUT2D eigenvalue weighted by Crippen LogP contribution is 2.24. The van der Waals surface area contributed by atoms with Crippen LogP contribution in [0.15, 0.2) is 49.1 Å². The monoisotopic (exact) mass is 461 g/mol. The fraction of sp³-hybridized carbons (Fsp3) is 0.360. The maximum absolute atomic E-state index is 12.9. The molecule has 0 N–H and O–H groups in total. The maximum Gasteiger partial charge on any atom is 0.338 e. The Hall–Kier alpha value is -3.72. The molecular weight excluding hydrogens is 434 g/mol. The standard InChI is InChI=1S/C25H27N5O4/c1-33-23-13-19(3-5-22(23)30-17-26-16-27-30)14-24(31)29-10-8-28(9-11-29)7-6-18-2-4-21-20(12-18)15-34-25(21)32/h2-5,12-13,16-17H,6-11,14-15H2,1H3. The Morgan fingerprint density at radius 2 is 1.91 bits per heavy atom. The third-order valence-corrected chi connectivity index (χ3v) is 6.46. The van der Waals surface area contributed by atoms with E-state index in [-0.39, 0.29) is 11.9 Å². The normalized spacial score (nSPS) is 15.8. The van der Waals surface area contributed by atoms with E-state index >= 15 is 0 Å². The van der Waals surface area contributed by atoms with Gasteiger partial charge in [-0.2, -0.15) is 5.10 Å². The molecular formula is C25H27N5O4. The summed E-state index contributed by atoms with van der Waals surface area (Å²) in [6, 6.07) is 11.7. The molecule has 176 valence electrons. The first kappa shape index (κ1) is 22.1. The number of cyclic esters (lactones) is 1. The van der Waals surface area contributed by atoms with Gasteiger partial charge in [-0.3, -0.25) is 9.69 Å². The minimum Gasteiger partial charge on any atom is -0.494 e. The number of rotatable bonds is 7. The Morgan fingerprint density at radius 3 is 2.68 bits per heavy atom. The summed E-state index contributed by atoms with van der Waals surface area (Å²) in [4.78, 5) is 32.8. The van der Waals surface area contributed by atoms with Crippen molar-refractivity contribution in [3.8, 4) is 11.4 Å². The molecule has 1 saturated heterocycles. The van der Waals surface area contributed by atoms with Crippen molar-refractivity contribution in [3.05, 3.63) is 71.3 Å². The molecule has 9 heteroatoms. The molecule has 1 fully saturated rings. The number of fused-ring (bicyclic) bond motifs is 1. The number of piperazine rings is 1. The van der Waals surface area contributed by atoms with Crippen LogP contribution in [0.2, 0.25) is 0 Å². The average Bonchev–Trinajstić information content (AvgIpc) is 3.53. The summed E-state index contributed by atoms with van der Waals surface area (Å²) in [6.45, 7) is 4.45. The third-order valence-electron chi connectivity index (χ3n) is 6.46. The highest BCUT2D eigenvalue weighted by molar-refractivity contribution is 5.93. The van der Waals surface area contributed by atoms with E-state index in [0.717, 1.165) is 56.0 Å². The Kier molecular flexibility index (Phi) is 6.27. The first-order valence-electron chi connectivity index (χ1n) is 11.4. The molecule has 3 aromatic rings. The van der Waals surface area contributed by atoms with Gasteiger partial charge in [0, 0.05) is 38.3 Å². The van der Waals surface area contributed by atoms with Crippen molar-refractivity contribution < 1.29 is 19.1 Å². The number of nitrogens with zero attached hydrogens (tertiary/aromatic N) is 5. The van der Waals surface area contributed by atoms with Crippen LogP contribution >= 0.6 is 0 Å². The van der Waals surface area contributed by atoms with Gasteiger partial charge >= 0.3 is 5.97 Å². The molecule has 9 nitrogen and oxygen atoms in total. The minimum absolute atomic E-state index is 0.124. The molecule has 0 spiro atoms. The molecule has 2 aliphatic heterocycles. The van der Waals surface area contributed by atoms with Crippen LogP contribution in [0.5, 0.6) is 5.75 Å². The zero-order valence-electron chi connectivity index (χ0n) is 19.1. The SMILES string of the molecule is COc1cc(CC(=O)N2CCN(CCc3ccc4c(c3)COC4=O)CC2)ccc1-n1cncn1. The van der Waals surface area contributed by atoms with E-state index in [0.29, 0.717) is 24.3 Å². The number of hydrogen-bond donors (Lipinski definition) is 0. The van der Waals surface area contributed by atoms with Crippen LogP contribution in [0, 0.1) is 0 Å². The molecule has 34 heavy (non-hydrogen) atoms. The van der Waals surface area contributed by atoms with Gasteiger partial charge in [-0.25, -0.2) is 14.5 Å². The Morgan fingerprint density at radius 1 is 1.09 bits per heavy atom. The minimum atomic E-state index is -0.230. The molecule has 2 aromatic carbocycles. The van der Waals surface area contributed by atoms with Crippen LogP contribution in [-0.4, -0.2) is 76.3 Å². The van der Waals surface area contributed by atoms with Crippen molar-refractivity contribution in [2.45, 2.75) is 19.4 Å². The largest absolute Gasteiger partial charge is 0.494 e. The molecule has 0 saturated carbocycles. The number of esters is 1. The van der Waals surface area contributed by atoms with Gasteiger partial charge in [0.05, 0.1) is 19.1 Å². The molecule has 0 unspecified atom stereocenters. The van der Waals surface area contributed by atoms with Crippen molar-refractivity contribution in [2.75, 3.05) is 39.8 Å². The van der Waals surface area contributed by atoms with Crippen molar-refractivity contribution in [1.29, 1.82) is 0 Å². The van der Waals surface area contributed by atoms with E-state index in [1.807, 2.05) is 35.2 Å². The molecule has 5 rings (SSSR count). The van der Waals surface area contributed by atoms with Crippen LogP contribution in [0.25, 0.3) is 5.69 Å². The van der Waals surface area contributed by atoms with Crippen molar-refractivity contribution in [1.82, 2.24) is 24.6 Å². The number of amides is 1. The van der Waals surface area contributed by atoms with Crippen LogP contribution in [-0.2, 0) is 29.0 Å². The fourth-order valence-corrected chi connectivity index (χ4v) is 4.49. The Balaban J connectivity index is 1.12. The second-order valence-corrected chi connectivity index (χ2v) is 8.56. The first-order valence-corrected chi connectivity index (χ1v) is 11.4. The fourth-order valence-electron chi connectivity index (χ4n) is 4.49.